The van der Waals surface area contributed by atoms with Gasteiger partial charge in [-0.1, -0.05) is 51.1 Å². The van der Waals surface area contributed by atoms with Crippen molar-refractivity contribution < 1.29 is 53.1 Å². The second kappa shape index (κ2) is 35.5. The summed E-state index contributed by atoms with van der Waals surface area (Å²) >= 11 is 0. The van der Waals surface area contributed by atoms with Crippen LogP contribution in [0.5, 0.6) is 0 Å². The first-order valence-corrected chi connectivity index (χ1v) is 26.0. The molecule has 25 nitrogen and oxygen atoms in total. The van der Waals surface area contributed by atoms with Crippen molar-refractivity contribution in [1.82, 2.24) is 52.0 Å². The molecule has 5 unspecified atom stereocenters. The van der Waals surface area contributed by atoms with E-state index in [1.54, 1.807) is 38.4 Å². The highest BCUT2D eigenvalue weighted by Gasteiger charge is 2.41. The zero-order valence-electron chi connectivity index (χ0n) is 45.3. The number of likely N-dealkylation sites (N-methyl/N-ethyl adjacent to an activating group) is 1. The van der Waals surface area contributed by atoms with Gasteiger partial charge in [0.1, 0.15) is 36.3 Å². The van der Waals surface area contributed by atoms with E-state index in [4.69, 9.17) is 17.2 Å². The summed E-state index contributed by atoms with van der Waals surface area (Å²) in [4.78, 5) is 141. The molecule has 9 amide bonds. The molecule has 3 rings (SSSR count). The zero-order valence-corrected chi connectivity index (χ0v) is 45.3. The first-order valence-electron chi connectivity index (χ1n) is 26.0. The third-order valence-electron chi connectivity index (χ3n) is 12.1. The summed E-state index contributed by atoms with van der Waals surface area (Å²) in [6, 6.07) is 6.67. The van der Waals surface area contributed by atoms with Gasteiger partial charge in [-0.15, -0.1) is 0 Å². The molecule has 0 saturated carbocycles. The van der Waals surface area contributed by atoms with Crippen molar-refractivity contribution >= 4 is 65.6 Å². The predicted molar refractivity (Wildman–Crippen MR) is 288 cm³/mol. The third kappa shape index (κ3) is 25.1. The molecule has 1 aromatic carbocycles. The first-order chi connectivity index (χ1) is 36.6. The van der Waals surface area contributed by atoms with E-state index in [9.17, 15) is 53.1 Å². The van der Waals surface area contributed by atoms with Gasteiger partial charge in [0.2, 0.25) is 53.7 Å². The average molecular weight is 1080 g/mol. The van der Waals surface area contributed by atoms with Gasteiger partial charge in [0.05, 0.1) is 19.5 Å². The molecule has 1 saturated heterocycles. The molecule has 426 valence electrons. The van der Waals surface area contributed by atoms with Gasteiger partial charge in [0, 0.05) is 45.0 Å². The maximum absolute atomic E-state index is 14.1. The van der Waals surface area contributed by atoms with Crippen LogP contribution in [-0.4, -0.2) is 168 Å². The molecule has 0 radical (unpaired) electrons. The molecular weight excluding hydrogens is 997 g/mol. The summed E-state index contributed by atoms with van der Waals surface area (Å²) in [7, 11) is 1.42. The number of pyridine rings is 1. The van der Waals surface area contributed by atoms with Gasteiger partial charge in [-0.2, -0.15) is 0 Å². The number of hydrogen-bond acceptors (Lipinski definition) is 13. The zero-order chi connectivity index (χ0) is 57.5. The Hall–Kier alpha value is -7.70. The highest BCUT2D eigenvalue weighted by Crippen LogP contribution is 2.23. The number of amides is 9. The summed E-state index contributed by atoms with van der Waals surface area (Å²) in [6.45, 7) is 8.50. The monoisotopic (exact) mass is 1080 g/mol. The third-order valence-corrected chi connectivity index (χ3v) is 12.1. The number of aliphatic imine (C=N–C) groups is 1. The fraction of sp³-hybridized carbons (Fsp3) is 0.577. The van der Waals surface area contributed by atoms with Crippen LogP contribution in [0.2, 0.25) is 0 Å². The smallest absolute Gasteiger partial charge is 0.305 e. The Bertz CT molecular complexity index is 2250. The number of benzene rings is 1. The molecule has 1 fully saturated rings. The molecular formula is C52H82N14O11. The number of rotatable bonds is 32. The molecule has 1 aliphatic heterocycles. The molecule has 14 N–H and O–H groups in total. The van der Waals surface area contributed by atoms with E-state index >= 15 is 0 Å². The number of carbonyl (C=O) groups is 10. The Labute approximate surface area is 450 Å². The molecule has 77 heavy (non-hydrogen) atoms. The molecule has 25 heteroatoms. The largest absolute Gasteiger partial charge is 0.481 e. The lowest BCUT2D eigenvalue weighted by Gasteiger charge is -2.34. The second-order valence-electron chi connectivity index (χ2n) is 19.3. The maximum Gasteiger partial charge on any atom is 0.305 e. The highest BCUT2D eigenvalue weighted by molar-refractivity contribution is 5.97. The fourth-order valence-corrected chi connectivity index (χ4v) is 8.21. The van der Waals surface area contributed by atoms with Gasteiger partial charge in [-0.25, -0.2) is 0 Å². The minimum Gasteiger partial charge on any atom is -0.481 e. The quantitative estimate of drug-likeness (QED) is 0.0176. The minimum atomic E-state index is -1.62. The van der Waals surface area contributed by atoms with Crippen molar-refractivity contribution in [2.24, 2.45) is 28.1 Å². The van der Waals surface area contributed by atoms with E-state index in [1.807, 2.05) is 19.9 Å². The van der Waals surface area contributed by atoms with E-state index in [-0.39, 0.29) is 63.1 Å². The Morgan fingerprint density at radius 2 is 1.40 bits per heavy atom. The number of carboxylic acids is 1. The van der Waals surface area contributed by atoms with Crippen LogP contribution in [0.1, 0.15) is 104 Å². The van der Waals surface area contributed by atoms with Crippen molar-refractivity contribution in [1.29, 1.82) is 0 Å². The van der Waals surface area contributed by atoms with Crippen molar-refractivity contribution in [2.75, 3.05) is 39.8 Å². The van der Waals surface area contributed by atoms with Crippen molar-refractivity contribution in [3.8, 4) is 0 Å². The number of aliphatic carboxylic acids is 1. The number of nitrogens with one attached hydrogen (secondary N) is 7. The van der Waals surface area contributed by atoms with E-state index in [2.05, 4.69) is 78.4 Å². The summed E-state index contributed by atoms with van der Waals surface area (Å²) in [5, 5.41) is 26.9. The summed E-state index contributed by atoms with van der Waals surface area (Å²) in [5.41, 5.74) is 18.7. The van der Waals surface area contributed by atoms with Crippen LogP contribution in [0.25, 0.3) is 0 Å². The number of carboxylic acid groups (broad SMARTS) is 1. The predicted octanol–water partition coefficient (Wildman–Crippen LogP) is -1.28. The molecule has 1 aromatic heterocycles. The van der Waals surface area contributed by atoms with E-state index in [0.29, 0.717) is 38.6 Å². The number of nitrogens with two attached hydrogens (primary N) is 3. The lowest BCUT2D eigenvalue weighted by atomic mass is 10.0. The number of hydrogen-bond donors (Lipinski definition) is 11. The Balaban J connectivity index is 0.00000231. The van der Waals surface area contributed by atoms with Crippen LogP contribution >= 0.6 is 0 Å². The minimum absolute atomic E-state index is 0.0357. The van der Waals surface area contributed by atoms with Crippen LogP contribution in [0.3, 0.4) is 0 Å². The molecule has 0 spiro atoms. The number of nitrogens with zero attached hydrogens (tertiary/aromatic N) is 4. The Morgan fingerprint density at radius 3 is 1.96 bits per heavy atom. The van der Waals surface area contributed by atoms with Crippen LogP contribution in [0.15, 0.2) is 59.9 Å². The molecule has 1 aliphatic rings. The summed E-state index contributed by atoms with van der Waals surface area (Å²) < 4.78 is 0. The number of likely N-dealkylation sites (tertiary alicyclic amines) is 1. The van der Waals surface area contributed by atoms with Gasteiger partial charge in [0.25, 0.3) is 0 Å². The number of guanidine groups is 1. The molecule has 2 heterocycles. The SMILES string of the molecule is CC(C)CC(NC(=O)C(CC(=O)O)NC(=O)CNC(=O)C(CCCN=C(N)N)NC(=O)CNC(=O)C(CCCCN)N(C)C(=O)[C@H]1CCCN1C(=O)C(Cc1ccncc1)NC=O)C(=O)NC(C)C.CCc1ccccc1. The standard InChI is InChI=1S/C44H72N14O11.C8H10/c1-26(2)20-30(39(65)53-27(3)4)56-40(66)31(22-37(62)63)55-36(61)23-50-38(64)29(10-8-16-49-44(46)47)54-35(60)24-51-41(67)33(11-6-7-15-45)57(5)43(69)34-12-9-19-58(34)42(68)32(52-25-59)21-28-13-17-48-18-14-28;1-2-8-6-4-3-5-7-8/h13-14,17-18,25-27,29-34H,6-12,15-16,19-24,45H2,1-5H3,(H,50,64)(H,51,67)(H,52,59)(H,53,65)(H,54,60)(H,55,61)(H,56,66)(H,62,63)(H4,46,47,49);3-7H,2H2,1H3/t29?,30?,31?,32?,33?,34-;/m1./s1. The normalized spacial score (nSPS) is 14.7. The first kappa shape index (κ1) is 65.4. The summed E-state index contributed by atoms with van der Waals surface area (Å²) in [6.07, 6.45) is 6.25. The van der Waals surface area contributed by atoms with Crippen molar-refractivity contribution in [3.63, 3.8) is 0 Å². The van der Waals surface area contributed by atoms with Gasteiger partial charge < -0.3 is 69.3 Å². The van der Waals surface area contributed by atoms with E-state index in [1.165, 1.54) is 22.4 Å². The lowest BCUT2D eigenvalue weighted by Crippen LogP contribution is -2.57. The molecule has 2 aromatic rings. The lowest BCUT2D eigenvalue weighted by molar-refractivity contribution is -0.148. The topological polar surface area (TPSA) is 385 Å². The van der Waals surface area contributed by atoms with E-state index in [0.717, 1.165) is 12.0 Å². The van der Waals surface area contributed by atoms with E-state index < -0.39 is 109 Å². The van der Waals surface area contributed by atoms with Crippen LogP contribution in [-0.2, 0) is 60.8 Å². The van der Waals surface area contributed by atoms with Crippen molar-refractivity contribution in [3.05, 3.63) is 66.0 Å². The second-order valence-corrected chi connectivity index (χ2v) is 19.3. The number of unbranched alkanes of at least 4 members (excludes halogenated alkanes) is 1. The Morgan fingerprint density at radius 1 is 0.779 bits per heavy atom. The fourth-order valence-electron chi connectivity index (χ4n) is 8.21. The number of aryl methyl sites for hydroxylation is 1. The van der Waals surface area contributed by atoms with Gasteiger partial charge in [0.15, 0.2) is 5.96 Å². The molecule has 0 bridgehead atoms. The number of aromatic nitrogens is 1. The van der Waals surface area contributed by atoms with Crippen LogP contribution in [0.4, 0.5) is 0 Å². The molecule has 0 aliphatic carbocycles. The van der Waals surface area contributed by atoms with Crippen molar-refractivity contribution in [2.45, 2.75) is 148 Å². The van der Waals surface area contributed by atoms with Crippen LogP contribution in [0, 0.1) is 5.92 Å². The summed E-state index contributed by atoms with van der Waals surface area (Å²) in [5.74, 6) is -7.43. The highest BCUT2D eigenvalue weighted by atomic mass is 16.4. The van der Waals surface area contributed by atoms with Crippen LogP contribution < -0.4 is 54.4 Å². The maximum atomic E-state index is 14.1. The van der Waals surface area contributed by atoms with Gasteiger partial charge in [-0.3, -0.25) is 57.9 Å². The Kier molecular flexibility index (Phi) is 30.2. The average Bonchev–Trinajstić information content (AvgIpc) is 3.89. The van der Waals surface area contributed by atoms with Gasteiger partial charge in [-0.05, 0) is 107 Å². The molecule has 6 atom stereocenters. The number of carbonyl (C=O) groups excluding carboxylic acids is 9. The van der Waals surface area contributed by atoms with Gasteiger partial charge >= 0.3 is 5.97 Å².